The molecule has 0 bridgehead atoms. The SMILES string of the molecule is C#C.Cl.[SiH4]. The first-order valence-electron chi connectivity index (χ1n) is 0.333. The van der Waals surface area contributed by atoms with Crippen LogP contribution < -0.4 is 0 Å². The Hall–Kier alpha value is 0.0669. The van der Waals surface area contributed by atoms with Crippen LogP contribution in [0.2, 0.25) is 0 Å². The van der Waals surface area contributed by atoms with Crippen molar-refractivity contribution in [3.63, 3.8) is 0 Å². The first-order chi connectivity index (χ1) is 1.00. The van der Waals surface area contributed by atoms with Crippen molar-refractivity contribution in [2.45, 2.75) is 0 Å². The summed E-state index contributed by atoms with van der Waals surface area (Å²) in [6.45, 7) is 0. The molecule has 0 unspecified atom stereocenters. The molecule has 0 heterocycles. The first-order valence-corrected chi connectivity index (χ1v) is 0.333. The summed E-state index contributed by atoms with van der Waals surface area (Å²) in [6, 6.07) is 0. The Kier molecular flexibility index (Phi) is 24600. The molecule has 0 aromatic rings. The fourth-order valence-electron chi connectivity index (χ4n) is 0. The molecule has 0 aliphatic rings. The van der Waals surface area contributed by atoms with Gasteiger partial charge in [-0.25, -0.2) is 0 Å². The van der Waals surface area contributed by atoms with E-state index in [1.165, 1.54) is 0 Å². The van der Waals surface area contributed by atoms with E-state index in [-0.39, 0.29) is 23.4 Å². The Morgan fingerprint density at radius 1 is 1.00 bits per heavy atom. The summed E-state index contributed by atoms with van der Waals surface area (Å²) in [7, 11) is 0. The van der Waals surface area contributed by atoms with Gasteiger partial charge >= 0.3 is 0 Å². The summed E-state index contributed by atoms with van der Waals surface area (Å²) < 4.78 is 0. The molecular weight excluding hydrogens is 87.6 g/mol. The Bertz CT molecular complexity index is 10.8. The summed E-state index contributed by atoms with van der Waals surface area (Å²) in [4.78, 5) is 0. The third kappa shape index (κ3) is 526. The Balaban J connectivity index is -0.00000000500. The summed E-state index contributed by atoms with van der Waals surface area (Å²) >= 11 is 0. The molecular formula is C2H7ClSi. The second-order valence-corrected chi connectivity index (χ2v) is 0. The Morgan fingerprint density at radius 2 is 1.00 bits per heavy atom. The second kappa shape index (κ2) is 2930. The zero-order valence-corrected chi connectivity index (χ0v) is 2.38. The molecule has 0 radical (unpaired) electrons. The van der Waals surface area contributed by atoms with Crippen molar-refractivity contribution in [3.8, 4) is 12.8 Å². The lowest BCUT2D eigenvalue weighted by Gasteiger charge is -0.701. The number of rotatable bonds is 0. The van der Waals surface area contributed by atoms with Crippen molar-refractivity contribution in [1.29, 1.82) is 0 Å². The van der Waals surface area contributed by atoms with Gasteiger partial charge in [0.05, 0.1) is 0 Å². The monoisotopic (exact) mass is 94.0 g/mol. The van der Waals surface area contributed by atoms with E-state index in [2.05, 4.69) is 12.8 Å². The summed E-state index contributed by atoms with van der Waals surface area (Å²) in [6.07, 6.45) is 8.00. The van der Waals surface area contributed by atoms with Gasteiger partial charge in [-0.15, -0.1) is 25.3 Å². The highest BCUT2D eigenvalue weighted by atomic mass is 35.5. The molecule has 0 aromatic carbocycles. The molecule has 0 saturated heterocycles. The molecule has 0 aliphatic carbocycles. The number of hydrogen-bond acceptors (Lipinski definition) is 0. The van der Waals surface area contributed by atoms with Gasteiger partial charge in [0.1, 0.15) is 0 Å². The molecule has 0 atom stereocenters. The zero-order chi connectivity index (χ0) is 2.00. The van der Waals surface area contributed by atoms with E-state index in [0.717, 1.165) is 0 Å². The van der Waals surface area contributed by atoms with Gasteiger partial charge in [0.25, 0.3) is 0 Å². The summed E-state index contributed by atoms with van der Waals surface area (Å²) in [5.74, 6) is 0. The highest BCUT2D eigenvalue weighted by Gasteiger charge is 0.454. The maximum atomic E-state index is 4.00. The fourth-order valence-corrected chi connectivity index (χ4v) is 0. The van der Waals surface area contributed by atoms with Crippen LogP contribution in [0, 0.1) is 12.8 Å². The van der Waals surface area contributed by atoms with E-state index in [1.54, 1.807) is 0 Å². The highest BCUT2D eigenvalue weighted by Crippen LogP contribution is 0.690. The molecule has 4 heavy (non-hydrogen) atoms. The average Bonchev–Trinajstić information content (AvgIpc) is 1.00. The van der Waals surface area contributed by atoms with Crippen LogP contribution in [0.15, 0.2) is 0 Å². The number of terminal acetylenes is 1. The van der Waals surface area contributed by atoms with Crippen molar-refractivity contribution in [2.24, 2.45) is 0 Å². The standard InChI is InChI=1S/C2H2.ClH.H4Si/c1-2;;/h1-2H;1H;1H4. The average molecular weight is 94.6 g/mol. The molecule has 0 saturated carbocycles. The van der Waals surface area contributed by atoms with E-state index in [1.807, 2.05) is 0 Å². The van der Waals surface area contributed by atoms with Gasteiger partial charge in [-0.05, 0) is 11.0 Å². The van der Waals surface area contributed by atoms with Crippen molar-refractivity contribution in [3.05, 3.63) is 0 Å². The lowest BCUT2D eigenvalue weighted by Crippen LogP contribution is -0.576. The van der Waals surface area contributed by atoms with Gasteiger partial charge in [0.2, 0.25) is 0 Å². The predicted octanol–water partition coefficient (Wildman–Crippen LogP) is -0.780. The number of hydrogen-bond donors (Lipinski definition) is 0. The van der Waals surface area contributed by atoms with Gasteiger partial charge in [-0.2, -0.15) is 0 Å². The lowest BCUT2D eigenvalue weighted by molar-refractivity contribution is 3.31. The van der Waals surface area contributed by atoms with E-state index >= 15 is 0 Å². The van der Waals surface area contributed by atoms with Gasteiger partial charge in [0.15, 0.2) is 0 Å². The molecule has 26 valence electrons. The largest absolute Gasteiger partial charge is 0.147 e. The minimum Gasteiger partial charge on any atom is -0.147 e. The van der Waals surface area contributed by atoms with Gasteiger partial charge in [-0.1, -0.05) is 0 Å². The smallest absolute Gasteiger partial charge is 0.0149 e. The summed E-state index contributed by atoms with van der Waals surface area (Å²) in [5, 5.41) is 0. The molecule has 2 heteroatoms. The normalized spacial score (nSPS) is 0.500. The second-order valence-electron chi connectivity index (χ2n) is 0. The minimum atomic E-state index is 0. The van der Waals surface area contributed by atoms with Crippen LogP contribution in [-0.2, 0) is 0 Å². The Morgan fingerprint density at radius 3 is 1.00 bits per heavy atom. The Labute approximate surface area is 37.0 Å². The first kappa shape index (κ1) is 33.6. The van der Waals surface area contributed by atoms with E-state index in [0.29, 0.717) is 0 Å². The van der Waals surface area contributed by atoms with E-state index in [9.17, 15) is 0 Å². The van der Waals surface area contributed by atoms with Crippen LogP contribution in [-0.4, -0.2) is 11.0 Å². The van der Waals surface area contributed by atoms with Gasteiger partial charge < -0.3 is 0 Å². The van der Waals surface area contributed by atoms with Gasteiger partial charge in [0, 0.05) is 0 Å². The molecule has 0 spiro atoms. The van der Waals surface area contributed by atoms with Crippen LogP contribution in [0.1, 0.15) is 0 Å². The van der Waals surface area contributed by atoms with E-state index < -0.39 is 0 Å². The molecule has 0 aromatic heterocycles. The topological polar surface area (TPSA) is 0 Å². The third-order valence-electron chi connectivity index (χ3n) is 0. The van der Waals surface area contributed by atoms with E-state index in [4.69, 9.17) is 0 Å². The lowest BCUT2D eigenvalue weighted by atomic mass is 11.4. The highest BCUT2D eigenvalue weighted by molar-refractivity contribution is 5.85. The van der Waals surface area contributed by atoms with Crippen LogP contribution in [0.4, 0.5) is 0 Å². The molecule has 0 N–H and O–H groups in total. The van der Waals surface area contributed by atoms with Crippen molar-refractivity contribution >= 4 is 23.4 Å². The van der Waals surface area contributed by atoms with Crippen LogP contribution >= 0.6 is 12.4 Å². The zero-order valence-electron chi connectivity index (χ0n) is 1.56. The predicted molar refractivity (Wildman–Crippen MR) is 28.5 cm³/mol. The summed E-state index contributed by atoms with van der Waals surface area (Å²) in [5.41, 5.74) is 0. The molecule has 0 fully saturated rings. The molecule has 0 aliphatic heterocycles. The maximum Gasteiger partial charge on any atom is -0.0149 e. The molecule has 0 amide bonds. The van der Waals surface area contributed by atoms with Gasteiger partial charge in [-0.3, -0.25) is 0 Å². The fraction of sp³-hybridized carbons (Fsp3) is 0. The van der Waals surface area contributed by atoms with Crippen LogP contribution in [0.3, 0.4) is 0 Å². The van der Waals surface area contributed by atoms with Crippen molar-refractivity contribution in [1.82, 2.24) is 0 Å². The molecule has 0 nitrogen and oxygen atoms in total. The van der Waals surface area contributed by atoms with Crippen molar-refractivity contribution in [2.75, 3.05) is 0 Å². The third-order valence-corrected chi connectivity index (χ3v) is 0. The number of halogens is 1. The van der Waals surface area contributed by atoms with Crippen LogP contribution in [0.25, 0.3) is 0 Å². The molecule has 0 rings (SSSR count). The van der Waals surface area contributed by atoms with Crippen molar-refractivity contribution < 1.29 is 0 Å². The quantitative estimate of drug-likeness (QED) is 0.273. The minimum absolute atomic E-state index is 0. The van der Waals surface area contributed by atoms with Crippen LogP contribution in [0.5, 0.6) is 0 Å². The maximum absolute atomic E-state index is 4.00.